The van der Waals surface area contributed by atoms with Crippen LogP contribution >= 0.6 is 0 Å². The van der Waals surface area contributed by atoms with E-state index in [0.29, 0.717) is 17.9 Å². The summed E-state index contributed by atoms with van der Waals surface area (Å²) < 4.78 is 23.6. The molecule has 0 amide bonds. The van der Waals surface area contributed by atoms with Crippen molar-refractivity contribution in [3.05, 3.63) is 59.4 Å². The lowest BCUT2D eigenvalue weighted by molar-refractivity contribution is 0.375. The summed E-state index contributed by atoms with van der Waals surface area (Å²) in [6, 6.07) is 11.9. The number of halogens is 1. The molecule has 0 saturated heterocycles. The van der Waals surface area contributed by atoms with Crippen LogP contribution in [0.25, 0.3) is 0 Å². The van der Waals surface area contributed by atoms with E-state index in [1.807, 2.05) is 25.1 Å². The van der Waals surface area contributed by atoms with Gasteiger partial charge in [0, 0.05) is 17.2 Å². The fourth-order valence-corrected chi connectivity index (χ4v) is 2.39. The fraction of sp³-hybridized carbons (Fsp3) is 0.294. The lowest BCUT2D eigenvalue weighted by Gasteiger charge is -2.27. The Kier molecular flexibility index (Phi) is 4.48. The second-order valence-corrected chi connectivity index (χ2v) is 5.29. The van der Waals surface area contributed by atoms with Gasteiger partial charge in [0.05, 0.1) is 14.2 Å². The highest BCUT2D eigenvalue weighted by atomic mass is 19.1. The van der Waals surface area contributed by atoms with Crippen molar-refractivity contribution in [2.45, 2.75) is 18.9 Å². The van der Waals surface area contributed by atoms with Gasteiger partial charge in [-0.15, -0.1) is 0 Å². The van der Waals surface area contributed by atoms with E-state index in [9.17, 15) is 4.39 Å². The molecule has 1 unspecified atom stereocenters. The number of methoxy groups -OCH3 is 2. The summed E-state index contributed by atoms with van der Waals surface area (Å²) in [4.78, 5) is 0. The molecule has 0 aliphatic rings. The minimum atomic E-state index is -0.630. The number of nitrogens with two attached hydrogens (primary N) is 1. The van der Waals surface area contributed by atoms with Crippen molar-refractivity contribution >= 4 is 0 Å². The molecule has 2 aromatic rings. The molecule has 0 saturated carbocycles. The number of benzene rings is 2. The van der Waals surface area contributed by atoms with Gasteiger partial charge >= 0.3 is 0 Å². The Balaban J connectivity index is 2.32. The van der Waals surface area contributed by atoms with E-state index in [1.54, 1.807) is 26.4 Å². The lowest BCUT2D eigenvalue weighted by Crippen LogP contribution is -2.35. The predicted octanol–water partition coefficient (Wildman–Crippen LogP) is 3.26. The summed E-state index contributed by atoms with van der Waals surface area (Å²) in [5.74, 6) is 1.15. The Bertz CT molecular complexity index is 609. The van der Waals surface area contributed by atoms with Crippen molar-refractivity contribution in [3.8, 4) is 11.5 Å². The van der Waals surface area contributed by atoms with Crippen LogP contribution in [-0.2, 0) is 12.0 Å². The average Bonchev–Trinajstić information content (AvgIpc) is 2.48. The van der Waals surface area contributed by atoms with Gasteiger partial charge in [-0.3, -0.25) is 0 Å². The van der Waals surface area contributed by atoms with Gasteiger partial charge in [-0.25, -0.2) is 4.39 Å². The molecule has 0 aliphatic carbocycles. The SMILES string of the molecule is COc1ccc(C(C)(N)Cc2ccc(F)cc2)c(OC)c1. The van der Waals surface area contributed by atoms with Crippen LogP contribution in [0.4, 0.5) is 4.39 Å². The van der Waals surface area contributed by atoms with E-state index in [2.05, 4.69) is 0 Å². The lowest BCUT2D eigenvalue weighted by atomic mass is 9.86. The molecule has 0 radical (unpaired) electrons. The fourth-order valence-electron chi connectivity index (χ4n) is 2.39. The predicted molar refractivity (Wildman–Crippen MR) is 81.2 cm³/mol. The minimum absolute atomic E-state index is 0.250. The minimum Gasteiger partial charge on any atom is -0.497 e. The topological polar surface area (TPSA) is 44.5 Å². The largest absolute Gasteiger partial charge is 0.497 e. The van der Waals surface area contributed by atoms with Crippen LogP contribution in [0.3, 0.4) is 0 Å². The van der Waals surface area contributed by atoms with E-state index in [-0.39, 0.29) is 5.82 Å². The zero-order valence-corrected chi connectivity index (χ0v) is 12.5. The molecular formula is C17H20FNO2. The molecular weight excluding hydrogens is 269 g/mol. The van der Waals surface area contributed by atoms with Crippen LogP contribution in [-0.4, -0.2) is 14.2 Å². The van der Waals surface area contributed by atoms with Crippen LogP contribution in [0, 0.1) is 5.82 Å². The van der Waals surface area contributed by atoms with Crippen molar-refractivity contribution in [1.29, 1.82) is 0 Å². The first-order chi connectivity index (χ1) is 9.96. The van der Waals surface area contributed by atoms with Crippen LogP contribution in [0.15, 0.2) is 42.5 Å². The Labute approximate surface area is 124 Å². The molecule has 0 bridgehead atoms. The van der Waals surface area contributed by atoms with Crippen LogP contribution in [0.5, 0.6) is 11.5 Å². The molecule has 21 heavy (non-hydrogen) atoms. The summed E-state index contributed by atoms with van der Waals surface area (Å²) in [5.41, 5.74) is 7.69. The third-order valence-electron chi connectivity index (χ3n) is 3.51. The second kappa shape index (κ2) is 6.14. The van der Waals surface area contributed by atoms with Crippen molar-refractivity contribution in [3.63, 3.8) is 0 Å². The molecule has 0 aliphatic heterocycles. The molecule has 2 aromatic carbocycles. The molecule has 3 nitrogen and oxygen atoms in total. The first-order valence-corrected chi connectivity index (χ1v) is 6.72. The van der Waals surface area contributed by atoms with E-state index in [1.165, 1.54) is 12.1 Å². The average molecular weight is 289 g/mol. The standard InChI is InChI=1S/C17H20FNO2/c1-17(19,11-12-4-6-13(18)7-5-12)15-9-8-14(20-2)10-16(15)21-3/h4-10H,11,19H2,1-3H3. The highest BCUT2D eigenvalue weighted by Gasteiger charge is 2.26. The van der Waals surface area contributed by atoms with Gasteiger partial charge in [0.1, 0.15) is 17.3 Å². The molecule has 0 spiro atoms. The van der Waals surface area contributed by atoms with Gasteiger partial charge in [0.15, 0.2) is 0 Å². The summed E-state index contributed by atoms with van der Waals surface area (Å²) in [5, 5.41) is 0. The van der Waals surface area contributed by atoms with E-state index >= 15 is 0 Å². The van der Waals surface area contributed by atoms with Crippen LogP contribution < -0.4 is 15.2 Å². The molecule has 2 rings (SSSR count). The Morgan fingerprint density at radius 1 is 1.05 bits per heavy atom. The Hall–Kier alpha value is -2.07. The summed E-state index contributed by atoms with van der Waals surface area (Å²) in [6.45, 7) is 1.93. The van der Waals surface area contributed by atoms with Gasteiger partial charge < -0.3 is 15.2 Å². The smallest absolute Gasteiger partial charge is 0.127 e. The van der Waals surface area contributed by atoms with Crippen molar-refractivity contribution in [1.82, 2.24) is 0 Å². The first-order valence-electron chi connectivity index (χ1n) is 6.72. The van der Waals surface area contributed by atoms with E-state index in [0.717, 1.165) is 11.1 Å². The number of hydrogen-bond donors (Lipinski definition) is 1. The zero-order valence-electron chi connectivity index (χ0n) is 12.5. The molecule has 0 aromatic heterocycles. The van der Waals surface area contributed by atoms with E-state index in [4.69, 9.17) is 15.2 Å². The van der Waals surface area contributed by atoms with Gasteiger partial charge in [0.25, 0.3) is 0 Å². The second-order valence-electron chi connectivity index (χ2n) is 5.29. The van der Waals surface area contributed by atoms with Crippen LogP contribution in [0.1, 0.15) is 18.1 Å². The highest BCUT2D eigenvalue weighted by molar-refractivity contribution is 5.45. The summed E-state index contributed by atoms with van der Waals surface area (Å²) in [6.07, 6.45) is 0.579. The molecule has 0 fully saturated rings. The Morgan fingerprint density at radius 3 is 2.29 bits per heavy atom. The van der Waals surface area contributed by atoms with Crippen molar-refractivity contribution in [2.24, 2.45) is 5.73 Å². The number of ether oxygens (including phenoxy) is 2. The van der Waals surface area contributed by atoms with Gasteiger partial charge in [-0.05, 0) is 43.2 Å². The van der Waals surface area contributed by atoms with Gasteiger partial charge in [-0.1, -0.05) is 12.1 Å². The van der Waals surface area contributed by atoms with Crippen molar-refractivity contribution < 1.29 is 13.9 Å². The Morgan fingerprint density at radius 2 is 1.71 bits per heavy atom. The molecule has 2 N–H and O–H groups in total. The molecule has 4 heteroatoms. The third kappa shape index (κ3) is 3.52. The third-order valence-corrected chi connectivity index (χ3v) is 3.51. The summed E-state index contributed by atoms with van der Waals surface area (Å²) in [7, 11) is 3.21. The van der Waals surface area contributed by atoms with Gasteiger partial charge in [0.2, 0.25) is 0 Å². The monoisotopic (exact) mass is 289 g/mol. The van der Waals surface area contributed by atoms with Crippen molar-refractivity contribution in [2.75, 3.05) is 14.2 Å². The molecule has 0 heterocycles. The summed E-state index contributed by atoms with van der Waals surface area (Å²) >= 11 is 0. The normalized spacial score (nSPS) is 13.6. The quantitative estimate of drug-likeness (QED) is 0.919. The van der Waals surface area contributed by atoms with Gasteiger partial charge in [-0.2, -0.15) is 0 Å². The molecule has 112 valence electrons. The maximum Gasteiger partial charge on any atom is 0.127 e. The molecule has 1 atom stereocenters. The number of hydrogen-bond acceptors (Lipinski definition) is 3. The number of rotatable bonds is 5. The highest BCUT2D eigenvalue weighted by Crippen LogP contribution is 2.33. The van der Waals surface area contributed by atoms with E-state index < -0.39 is 5.54 Å². The first kappa shape index (κ1) is 15.3. The maximum absolute atomic E-state index is 13.0. The maximum atomic E-state index is 13.0. The zero-order chi connectivity index (χ0) is 15.5. The van der Waals surface area contributed by atoms with Crippen LogP contribution in [0.2, 0.25) is 0 Å².